The van der Waals surface area contributed by atoms with Gasteiger partial charge >= 0.3 is 11.9 Å². The summed E-state index contributed by atoms with van der Waals surface area (Å²) in [5, 5.41) is 16.1. The molecule has 0 bridgehead atoms. The molecule has 84 valence electrons. The number of hydrogen-bond acceptors (Lipinski definition) is 3. The normalized spacial score (nSPS) is 8.80. The lowest BCUT2D eigenvalue weighted by molar-refractivity contribution is -0.137. The van der Waals surface area contributed by atoms with E-state index >= 15 is 0 Å². The molecule has 4 N–H and O–H groups in total. The molecule has 0 saturated heterocycles. The Balaban J connectivity index is 0. The van der Waals surface area contributed by atoms with Gasteiger partial charge in [-0.3, -0.25) is 9.59 Å². The first kappa shape index (κ1) is 15.4. The SMILES string of the molecule is C=CC(N)=O.O=C(O)C=CCCC(=O)O. The first-order valence-corrected chi connectivity index (χ1v) is 3.93. The Morgan fingerprint density at radius 2 is 1.73 bits per heavy atom. The Kier molecular flexibility index (Phi) is 10.2. The van der Waals surface area contributed by atoms with Crippen LogP contribution in [-0.2, 0) is 14.4 Å². The second kappa shape index (κ2) is 9.97. The third-order valence-corrected chi connectivity index (χ3v) is 0.986. The van der Waals surface area contributed by atoms with E-state index in [4.69, 9.17) is 10.2 Å². The van der Waals surface area contributed by atoms with Crippen molar-refractivity contribution >= 4 is 17.8 Å². The maximum Gasteiger partial charge on any atom is 0.327 e. The van der Waals surface area contributed by atoms with Gasteiger partial charge in [0.25, 0.3) is 0 Å². The molecular formula is C9H13NO5. The zero-order valence-corrected chi connectivity index (χ0v) is 8.05. The quantitative estimate of drug-likeness (QED) is 0.564. The summed E-state index contributed by atoms with van der Waals surface area (Å²) >= 11 is 0. The molecule has 0 fully saturated rings. The molecule has 0 atom stereocenters. The number of aliphatic carboxylic acids is 2. The summed E-state index contributed by atoms with van der Waals surface area (Å²) in [6, 6.07) is 0. The maximum atomic E-state index is 9.86. The molecule has 0 saturated carbocycles. The van der Waals surface area contributed by atoms with Crippen LogP contribution >= 0.6 is 0 Å². The van der Waals surface area contributed by atoms with Gasteiger partial charge in [-0.25, -0.2) is 4.79 Å². The van der Waals surface area contributed by atoms with Crippen LogP contribution in [0.3, 0.4) is 0 Å². The molecule has 0 aliphatic rings. The van der Waals surface area contributed by atoms with Crippen LogP contribution in [0.15, 0.2) is 24.8 Å². The molecule has 0 spiro atoms. The lowest BCUT2D eigenvalue weighted by atomic mass is 10.3. The summed E-state index contributed by atoms with van der Waals surface area (Å²) in [5.74, 6) is -2.45. The average Bonchev–Trinajstić information content (AvgIpc) is 2.13. The predicted octanol–water partition coefficient (Wildman–Crippen LogP) is 0.150. The highest BCUT2D eigenvalue weighted by Crippen LogP contribution is 1.89. The van der Waals surface area contributed by atoms with Gasteiger partial charge in [-0.15, -0.1) is 0 Å². The molecule has 0 aliphatic carbocycles. The minimum Gasteiger partial charge on any atom is -0.481 e. The average molecular weight is 215 g/mol. The molecule has 0 unspecified atom stereocenters. The van der Waals surface area contributed by atoms with E-state index in [9.17, 15) is 14.4 Å². The number of carboxylic acid groups (broad SMARTS) is 2. The van der Waals surface area contributed by atoms with Crippen molar-refractivity contribution in [3.05, 3.63) is 24.8 Å². The van der Waals surface area contributed by atoms with Gasteiger partial charge in [0.1, 0.15) is 0 Å². The summed E-state index contributed by atoms with van der Waals surface area (Å²) in [4.78, 5) is 29.1. The van der Waals surface area contributed by atoms with Crippen molar-refractivity contribution in [1.29, 1.82) is 0 Å². The highest BCUT2D eigenvalue weighted by Gasteiger charge is 1.92. The van der Waals surface area contributed by atoms with Crippen molar-refractivity contribution in [2.45, 2.75) is 12.8 Å². The number of primary amides is 1. The summed E-state index contributed by atoms with van der Waals surface area (Å²) in [6.45, 7) is 3.09. The Morgan fingerprint density at radius 1 is 1.27 bits per heavy atom. The van der Waals surface area contributed by atoms with Gasteiger partial charge in [-0.2, -0.15) is 0 Å². The Hall–Kier alpha value is -2.11. The topological polar surface area (TPSA) is 118 Å². The molecular weight excluding hydrogens is 202 g/mol. The van der Waals surface area contributed by atoms with Crippen molar-refractivity contribution < 1.29 is 24.6 Å². The molecule has 15 heavy (non-hydrogen) atoms. The Bertz CT molecular complexity index is 270. The lowest BCUT2D eigenvalue weighted by Gasteiger charge is -1.84. The fourth-order valence-electron chi connectivity index (χ4n) is 0.391. The van der Waals surface area contributed by atoms with Crippen molar-refractivity contribution in [3.63, 3.8) is 0 Å². The summed E-state index contributed by atoms with van der Waals surface area (Å²) in [5.41, 5.74) is 4.53. The molecule has 0 aromatic rings. The largest absolute Gasteiger partial charge is 0.481 e. The van der Waals surface area contributed by atoms with Crippen LogP contribution in [0.2, 0.25) is 0 Å². The van der Waals surface area contributed by atoms with Crippen LogP contribution in [0.25, 0.3) is 0 Å². The number of hydrogen-bond donors (Lipinski definition) is 3. The van der Waals surface area contributed by atoms with E-state index in [1.54, 1.807) is 0 Å². The highest BCUT2D eigenvalue weighted by molar-refractivity contribution is 5.85. The van der Waals surface area contributed by atoms with Crippen molar-refractivity contribution in [1.82, 2.24) is 0 Å². The third kappa shape index (κ3) is 24.5. The number of nitrogens with two attached hydrogens (primary N) is 1. The van der Waals surface area contributed by atoms with Crippen molar-refractivity contribution in [2.24, 2.45) is 5.73 Å². The highest BCUT2D eigenvalue weighted by atomic mass is 16.4. The van der Waals surface area contributed by atoms with Crippen molar-refractivity contribution in [3.8, 4) is 0 Å². The summed E-state index contributed by atoms with van der Waals surface area (Å²) < 4.78 is 0. The monoisotopic (exact) mass is 215 g/mol. The number of carboxylic acids is 2. The van der Waals surface area contributed by atoms with Gasteiger partial charge in [0.15, 0.2) is 0 Å². The van der Waals surface area contributed by atoms with E-state index in [2.05, 4.69) is 12.3 Å². The summed E-state index contributed by atoms with van der Waals surface area (Å²) in [7, 11) is 0. The zero-order chi connectivity index (χ0) is 12.3. The van der Waals surface area contributed by atoms with E-state index in [0.717, 1.165) is 12.2 Å². The van der Waals surface area contributed by atoms with Crippen LogP contribution < -0.4 is 5.73 Å². The van der Waals surface area contributed by atoms with Gasteiger partial charge < -0.3 is 15.9 Å². The van der Waals surface area contributed by atoms with E-state index in [-0.39, 0.29) is 12.8 Å². The minimum atomic E-state index is -1.05. The number of rotatable bonds is 5. The third-order valence-electron chi connectivity index (χ3n) is 0.986. The molecule has 0 heterocycles. The van der Waals surface area contributed by atoms with Gasteiger partial charge in [0, 0.05) is 12.5 Å². The molecule has 0 aromatic carbocycles. The van der Waals surface area contributed by atoms with Crippen LogP contribution in [0, 0.1) is 0 Å². The van der Waals surface area contributed by atoms with E-state index in [1.165, 1.54) is 6.08 Å². The van der Waals surface area contributed by atoms with Crippen LogP contribution in [0.4, 0.5) is 0 Å². The van der Waals surface area contributed by atoms with Gasteiger partial charge in [0.05, 0.1) is 0 Å². The molecule has 0 rings (SSSR count). The second-order valence-corrected chi connectivity index (χ2v) is 2.28. The number of amides is 1. The zero-order valence-electron chi connectivity index (χ0n) is 8.05. The molecule has 1 amide bonds. The van der Waals surface area contributed by atoms with Gasteiger partial charge in [-0.1, -0.05) is 12.7 Å². The fraction of sp³-hybridized carbons (Fsp3) is 0.222. The molecule has 0 aromatic heterocycles. The molecule has 0 aliphatic heterocycles. The first-order chi connectivity index (χ1) is 6.90. The number of carbonyl (C=O) groups excluding carboxylic acids is 1. The minimum absolute atomic E-state index is 0.0240. The molecule has 6 heteroatoms. The summed E-state index contributed by atoms with van der Waals surface area (Å²) in [6.07, 6.45) is 3.55. The van der Waals surface area contributed by atoms with Gasteiger partial charge in [-0.05, 0) is 12.5 Å². The number of allylic oxidation sites excluding steroid dienone is 1. The van der Waals surface area contributed by atoms with Crippen LogP contribution in [0.5, 0.6) is 0 Å². The predicted molar refractivity (Wildman–Crippen MR) is 53.0 cm³/mol. The fourth-order valence-corrected chi connectivity index (χ4v) is 0.391. The Morgan fingerprint density at radius 3 is 2.00 bits per heavy atom. The number of carbonyl (C=O) groups is 3. The molecule has 0 radical (unpaired) electrons. The van der Waals surface area contributed by atoms with E-state index in [0.29, 0.717) is 0 Å². The smallest absolute Gasteiger partial charge is 0.327 e. The lowest BCUT2D eigenvalue weighted by Crippen LogP contribution is -2.04. The Labute approximate surface area is 86.7 Å². The van der Waals surface area contributed by atoms with Crippen molar-refractivity contribution in [2.75, 3.05) is 0 Å². The van der Waals surface area contributed by atoms with Crippen LogP contribution in [-0.4, -0.2) is 28.1 Å². The first-order valence-electron chi connectivity index (χ1n) is 3.93. The van der Waals surface area contributed by atoms with Gasteiger partial charge in [0.2, 0.25) is 5.91 Å². The second-order valence-electron chi connectivity index (χ2n) is 2.28. The molecule has 6 nitrogen and oxygen atoms in total. The van der Waals surface area contributed by atoms with E-state index in [1.807, 2.05) is 0 Å². The van der Waals surface area contributed by atoms with Crippen LogP contribution in [0.1, 0.15) is 12.8 Å². The van der Waals surface area contributed by atoms with E-state index < -0.39 is 17.8 Å². The standard InChI is InChI=1S/C6H8O4.C3H5NO/c7-5(8)3-1-2-4-6(9)10;1-2-3(4)5/h1,3H,2,4H2,(H,7,8)(H,9,10);2H,1H2,(H2,4,5). The maximum absolute atomic E-state index is 9.86.